The van der Waals surface area contributed by atoms with Crippen LogP contribution in [0.5, 0.6) is 0 Å². The van der Waals surface area contributed by atoms with Crippen LogP contribution >= 0.6 is 0 Å². The lowest BCUT2D eigenvalue weighted by Crippen LogP contribution is -2.57. The Morgan fingerprint density at radius 3 is 2.45 bits per heavy atom. The van der Waals surface area contributed by atoms with E-state index in [-0.39, 0.29) is 24.0 Å². The molecule has 2 N–H and O–H groups in total. The minimum atomic E-state index is -3.50. The van der Waals surface area contributed by atoms with E-state index < -0.39 is 10.2 Å². The van der Waals surface area contributed by atoms with Crippen LogP contribution in [0.1, 0.15) is 73.5 Å². The lowest BCUT2D eigenvalue weighted by atomic mass is 9.99. The van der Waals surface area contributed by atoms with Gasteiger partial charge in [0.1, 0.15) is 5.76 Å². The minimum Gasteiger partial charge on any atom is -0.383 e. The van der Waals surface area contributed by atoms with Gasteiger partial charge < -0.3 is 19.9 Å². The van der Waals surface area contributed by atoms with E-state index in [1.807, 2.05) is 0 Å². The number of aromatic nitrogens is 1. The lowest BCUT2D eigenvalue weighted by molar-refractivity contribution is 0.0897. The quantitative estimate of drug-likeness (QED) is 0.510. The van der Waals surface area contributed by atoms with Gasteiger partial charge in [-0.05, 0) is 51.4 Å². The van der Waals surface area contributed by atoms with Crippen LogP contribution in [-0.4, -0.2) is 85.6 Å². The normalized spacial score (nSPS) is 29.4. The van der Waals surface area contributed by atoms with Crippen molar-refractivity contribution in [3.05, 3.63) is 17.5 Å². The van der Waals surface area contributed by atoms with Crippen LogP contribution in [0.15, 0.2) is 10.6 Å². The highest BCUT2D eigenvalue weighted by Crippen LogP contribution is 2.41. The van der Waals surface area contributed by atoms with Gasteiger partial charge in [0.05, 0.1) is 6.61 Å². The Balaban J connectivity index is 1.16. The molecule has 1 unspecified atom stereocenters. The third-order valence-corrected chi connectivity index (χ3v) is 9.67. The first kappa shape index (κ1) is 23.2. The number of ether oxygens (including phenoxy) is 1. The summed E-state index contributed by atoms with van der Waals surface area (Å²) in [6.45, 7) is 2.52. The number of fused-ring (bicyclic) bond motifs is 2. The Morgan fingerprint density at radius 2 is 1.82 bits per heavy atom. The molecule has 11 heteroatoms. The highest BCUT2D eigenvalue weighted by atomic mass is 32.2. The Kier molecular flexibility index (Phi) is 6.76. The maximum atomic E-state index is 13.5. The van der Waals surface area contributed by atoms with Gasteiger partial charge in [0.2, 0.25) is 0 Å². The van der Waals surface area contributed by atoms with Crippen LogP contribution in [0.3, 0.4) is 0 Å². The van der Waals surface area contributed by atoms with Crippen LogP contribution < -0.4 is 10.6 Å². The molecule has 184 valence electrons. The van der Waals surface area contributed by atoms with Crippen LogP contribution in [0, 0.1) is 0 Å². The number of carbonyl (C=O) groups excluding carboxylic acids is 1. The van der Waals surface area contributed by atoms with Crippen LogP contribution in [-0.2, 0) is 14.9 Å². The van der Waals surface area contributed by atoms with Gasteiger partial charge in [-0.25, -0.2) is 0 Å². The largest absolute Gasteiger partial charge is 0.383 e. The smallest absolute Gasteiger partial charge is 0.282 e. The summed E-state index contributed by atoms with van der Waals surface area (Å²) < 4.78 is 40.8. The standard InChI is InChI=1S/C22H35N5O5S/c1-31-11-8-23-16-6-9-26(10-7-16)33(29,30)27-18-4-5-19(27)13-17(12-18)24-22(28)20-14-21(32-25-20)15-2-3-15/h14-19,23H,2-13H2,1H3,(H,24,28)/t17?,18-,19+. The Hall–Kier alpha value is -1.53. The fourth-order valence-corrected chi connectivity index (χ4v) is 7.71. The molecule has 0 aromatic carbocycles. The highest BCUT2D eigenvalue weighted by Gasteiger charge is 2.49. The monoisotopic (exact) mass is 481 g/mol. The second-order valence-corrected chi connectivity index (χ2v) is 11.7. The minimum absolute atomic E-state index is 0.0433. The molecule has 10 nitrogen and oxygen atoms in total. The van der Waals surface area contributed by atoms with Crippen molar-refractivity contribution in [2.45, 2.75) is 81.5 Å². The van der Waals surface area contributed by atoms with Crippen molar-refractivity contribution in [1.29, 1.82) is 0 Å². The van der Waals surface area contributed by atoms with E-state index >= 15 is 0 Å². The first-order valence-electron chi connectivity index (χ1n) is 12.2. The van der Waals surface area contributed by atoms with Crippen molar-refractivity contribution < 1.29 is 22.5 Å². The SMILES string of the molecule is COCCNC1CCN(S(=O)(=O)N2[C@@H]3CC[C@H]2CC(NC(=O)c2cc(C4CC4)on2)C3)CC1. The van der Waals surface area contributed by atoms with Gasteiger partial charge in [0.25, 0.3) is 16.1 Å². The molecular weight excluding hydrogens is 446 g/mol. The molecule has 1 aromatic heterocycles. The highest BCUT2D eigenvalue weighted by molar-refractivity contribution is 7.86. The number of amides is 1. The molecule has 1 aliphatic carbocycles. The number of carbonyl (C=O) groups is 1. The Labute approximate surface area is 195 Å². The summed E-state index contributed by atoms with van der Waals surface area (Å²) in [6.07, 6.45) is 6.79. The number of piperidine rings is 2. The van der Waals surface area contributed by atoms with Gasteiger partial charge in [-0.1, -0.05) is 5.16 Å². The zero-order valence-corrected chi connectivity index (χ0v) is 20.1. The van der Waals surface area contributed by atoms with Crippen molar-refractivity contribution in [2.24, 2.45) is 0 Å². The summed E-state index contributed by atoms with van der Waals surface area (Å²) in [5.41, 5.74) is 0.321. The molecule has 5 rings (SSSR count). The number of nitrogens with one attached hydrogen (secondary N) is 2. The van der Waals surface area contributed by atoms with Gasteiger partial charge in [0, 0.05) is 62.9 Å². The molecule has 3 atom stereocenters. The number of methoxy groups -OCH3 is 1. The predicted molar refractivity (Wildman–Crippen MR) is 121 cm³/mol. The topological polar surface area (TPSA) is 117 Å². The summed E-state index contributed by atoms with van der Waals surface area (Å²) in [4.78, 5) is 12.7. The van der Waals surface area contributed by atoms with Crippen LogP contribution in [0.2, 0.25) is 0 Å². The van der Waals surface area contributed by atoms with Gasteiger partial charge in [-0.3, -0.25) is 4.79 Å². The molecule has 1 aromatic rings. The zero-order valence-electron chi connectivity index (χ0n) is 19.2. The first-order chi connectivity index (χ1) is 16.0. The number of nitrogens with zero attached hydrogens (tertiary/aromatic N) is 3. The summed E-state index contributed by atoms with van der Waals surface area (Å²) in [6, 6.07) is 1.92. The Morgan fingerprint density at radius 1 is 1.12 bits per heavy atom. The van der Waals surface area contributed by atoms with E-state index in [1.165, 1.54) is 0 Å². The molecule has 4 heterocycles. The predicted octanol–water partition coefficient (Wildman–Crippen LogP) is 1.22. The van der Waals surface area contributed by atoms with Crippen molar-refractivity contribution in [3.63, 3.8) is 0 Å². The molecule has 2 bridgehead atoms. The fraction of sp³-hybridized carbons (Fsp3) is 0.818. The van der Waals surface area contributed by atoms with E-state index in [0.29, 0.717) is 50.2 Å². The van der Waals surface area contributed by atoms with E-state index in [1.54, 1.807) is 21.8 Å². The van der Waals surface area contributed by atoms with Crippen molar-refractivity contribution in [1.82, 2.24) is 24.4 Å². The van der Waals surface area contributed by atoms with Crippen LogP contribution in [0.4, 0.5) is 0 Å². The molecule has 4 aliphatic rings. The molecule has 4 fully saturated rings. The Bertz CT molecular complexity index is 927. The van der Waals surface area contributed by atoms with E-state index in [0.717, 1.165) is 50.8 Å². The lowest BCUT2D eigenvalue weighted by Gasteiger charge is -2.42. The van der Waals surface area contributed by atoms with Gasteiger partial charge in [-0.2, -0.15) is 17.0 Å². The van der Waals surface area contributed by atoms with Gasteiger partial charge in [0.15, 0.2) is 5.69 Å². The van der Waals surface area contributed by atoms with Crippen molar-refractivity contribution in [2.75, 3.05) is 33.4 Å². The van der Waals surface area contributed by atoms with E-state index in [4.69, 9.17) is 9.26 Å². The third kappa shape index (κ3) is 4.97. The average molecular weight is 482 g/mol. The molecular formula is C22H35N5O5S. The molecule has 0 radical (unpaired) electrons. The zero-order chi connectivity index (χ0) is 23.0. The maximum Gasteiger partial charge on any atom is 0.282 e. The number of rotatable bonds is 9. The fourth-order valence-electron chi connectivity index (χ4n) is 5.63. The van der Waals surface area contributed by atoms with Crippen molar-refractivity contribution >= 4 is 16.1 Å². The second kappa shape index (κ2) is 9.61. The van der Waals surface area contributed by atoms with Gasteiger partial charge in [-0.15, -0.1) is 0 Å². The molecule has 3 saturated heterocycles. The maximum absolute atomic E-state index is 13.5. The number of hydrogen-bond acceptors (Lipinski definition) is 7. The molecule has 3 aliphatic heterocycles. The molecule has 0 spiro atoms. The molecule has 33 heavy (non-hydrogen) atoms. The molecule has 1 saturated carbocycles. The van der Waals surface area contributed by atoms with Gasteiger partial charge >= 0.3 is 0 Å². The third-order valence-electron chi connectivity index (χ3n) is 7.53. The summed E-state index contributed by atoms with van der Waals surface area (Å²) in [7, 11) is -1.82. The van der Waals surface area contributed by atoms with Crippen LogP contribution in [0.25, 0.3) is 0 Å². The summed E-state index contributed by atoms with van der Waals surface area (Å²) in [5.74, 6) is 0.975. The van der Waals surface area contributed by atoms with E-state index in [2.05, 4.69) is 15.8 Å². The van der Waals surface area contributed by atoms with E-state index in [9.17, 15) is 13.2 Å². The van der Waals surface area contributed by atoms with Crippen molar-refractivity contribution in [3.8, 4) is 0 Å². The number of hydrogen-bond donors (Lipinski definition) is 2. The first-order valence-corrected chi connectivity index (χ1v) is 13.6. The molecule has 1 amide bonds. The summed E-state index contributed by atoms with van der Waals surface area (Å²) in [5, 5.41) is 10.4. The second-order valence-electron chi connectivity index (χ2n) is 9.87. The average Bonchev–Trinajstić information content (AvgIpc) is 3.46. The summed E-state index contributed by atoms with van der Waals surface area (Å²) >= 11 is 0.